The van der Waals surface area contributed by atoms with E-state index < -0.39 is 5.82 Å². The molecule has 1 aliphatic rings. The molecular weight excluding hydrogens is 473 g/mol. The number of rotatable bonds is 6. The van der Waals surface area contributed by atoms with Gasteiger partial charge in [0.2, 0.25) is 5.95 Å². The average Bonchev–Trinajstić information content (AvgIpc) is 3.22. The third-order valence-electron chi connectivity index (χ3n) is 5.83. The van der Waals surface area contributed by atoms with Crippen LogP contribution in [0.2, 0.25) is 5.02 Å². The highest BCUT2D eigenvalue weighted by Gasteiger charge is 2.27. The molecule has 0 bridgehead atoms. The van der Waals surface area contributed by atoms with Crippen molar-refractivity contribution in [3.05, 3.63) is 52.1 Å². The molecule has 1 fully saturated rings. The second-order valence-electron chi connectivity index (χ2n) is 8.96. The lowest BCUT2D eigenvalue weighted by atomic mass is 9.86. The summed E-state index contributed by atoms with van der Waals surface area (Å²) in [6.07, 6.45) is 2.50. The van der Waals surface area contributed by atoms with Crippen LogP contribution in [0.15, 0.2) is 24.4 Å². The van der Waals surface area contributed by atoms with Crippen LogP contribution in [0.5, 0.6) is 0 Å². The number of ether oxygens (including phenoxy) is 1. The quantitative estimate of drug-likeness (QED) is 0.390. The van der Waals surface area contributed by atoms with Crippen LogP contribution < -0.4 is 10.6 Å². The van der Waals surface area contributed by atoms with E-state index in [-0.39, 0.29) is 29.8 Å². The molecule has 1 aromatic carbocycles. The molecule has 1 aliphatic heterocycles. The fourth-order valence-corrected chi connectivity index (χ4v) is 4.26. The number of aromatic nitrogens is 4. The Morgan fingerprint density at radius 3 is 2.63 bits per heavy atom. The van der Waals surface area contributed by atoms with Gasteiger partial charge in [-0.2, -0.15) is 10.1 Å². The molecule has 186 valence electrons. The molecule has 0 radical (unpaired) electrons. The van der Waals surface area contributed by atoms with E-state index in [9.17, 15) is 4.79 Å². The lowest BCUT2D eigenvalue weighted by molar-refractivity contribution is 0.0691. The second kappa shape index (κ2) is 10.5. The molecule has 11 heteroatoms. The normalized spacial score (nSPS) is 14.3. The highest BCUT2D eigenvalue weighted by atomic mass is 35.5. The first-order valence-electron chi connectivity index (χ1n) is 11.5. The lowest BCUT2D eigenvalue weighted by Gasteiger charge is -2.32. The first-order chi connectivity index (χ1) is 16.7. The predicted octanol–water partition coefficient (Wildman–Crippen LogP) is 5.82. The molecule has 3 N–H and O–H groups in total. The molecule has 2 aromatic heterocycles. The van der Waals surface area contributed by atoms with E-state index in [1.165, 1.54) is 6.20 Å². The fraction of sp³-hybridized carbons (Fsp3) is 0.417. The highest BCUT2D eigenvalue weighted by Crippen LogP contribution is 2.34. The molecule has 0 aliphatic carbocycles. The van der Waals surface area contributed by atoms with Crippen molar-refractivity contribution < 1.29 is 13.9 Å². The number of piperidine rings is 1. The summed E-state index contributed by atoms with van der Waals surface area (Å²) < 4.78 is 20.4. The number of anilines is 4. The van der Waals surface area contributed by atoms with Gasteiger partial charge in [-0.1, -0.05) is 11.6 Å². The Kier molecular flexibility index (Phi) is 7.39. The van der Waals surface area contributed by atoms with Crippen molar-refractivity contribution in [2.45, 2.75) is 52.6 Å². The number of hydrogen-bond acceptors (Lipinski definition) is 7. The van der Waals surface area contributed by atoms with Crippen molar-refractivity contribution >= 4 is 41.0 Å². The maximum absolute atomic E-state index is 15.1. The molecular formula is C24H29ClFN7O2. The smallest absolute Gasteiger partial charge is 0.410 e. The first kappa shape index (κ1) is 24.7. The summed E-state index contributed by atoms with van der Waals surface area (Å²) in [7, 11) is 0. The van der Waals surface area contributed by atoms with Gasteiger partial charge in [0.05, 0.1) is 18.0 Å². The summed E-state index contributed by atoms with van der Waals surface area (Å²) in [6, 6.07) is 5.13. The van der Waals surface area contributed by atoms with E-state index in [2.05, 4.69) is 30.8 Å². The average molecular weight is 502 g/mol. The van der Waals surface area contributed by atoms with E-state index in [4.69, 9.17) is 16.3 Å². The standard InChI is InChI=1S/C24H29ClFN7O2/c1-13(2)35-24(34)33-7-5-16(6-8-33)17-11-19(26)20(9-14(17)3)28-23-27-12-18(25)22(30-23)29-21-10-15(4)31-32-21/h9-13,16H,5-8H2,1-4H3,(H3,27,28,29,30,31,32). The van der Waals surface area contributed by atoms with E-state index >= 15 is 4.39 Å². The second-order valence-corrected chi connectivity index (χ2v) is 9.37. The molecule has 1 saturated heterocycles. The highest BCUT2D eigenvalue weighted by molar-refractivity contribution is 6.32. The number of aryl methyl sites for hydroxylation is 2. The molecule has 0 atom stereocenters. The molecule has 3 heterocycles. The number of aromatic amines is 1. The fourth-order valence-electron chi connectivity index (χ4n) is 4.12. The first-order valence-corrected chi connectivity index (χ1v) is 11.9. The zero-order chi connectivity index (χ0) is 25.1. The van der Waals surface area contributed by atoms with Crippen LogP contribution in [0.3, 0.4) is 0 Å². The maximum atomic E-state index is 15.1. The van der Waals surface area contributed by atoms with Crippen molar-refractivity contribution in [3.63, 3.8) is 0 Å². The van der Waals surface area contributed by atoms with E-state index in [0.717, 1.165) is 29.7 Å². The number of carbonyl (C=O) groups is 1. The SMILES string of the molecule is Cc1cc(Nc2nc(Nc3cc(C)c(C4CCN(C(=O)OC(C)C)CC4)cc3F)ncc2Cl)n[nH]1. The Morgan fingerprint density at radius 2 is 1.97 bits per heavy atom. The minimum Gasteiger partial charge on any atom is -0.447 e. The van der Waals surface area contributed by atoms with Gasteiger partial charge in [-0.3, -0.25) is 5.10 Å². The monoisotopic (exact) mass is 501 g/mol. The van der Waals surface area contributed by atoms with Gasteiger partial charge in [-0.25, -0.2) is 14.2 Å². The minimum atomic E-state index is -0.400. The van der Waals surface area contributed by atoms with Crippen molar-refractivity contribution in [1.29, 1.82) is 0 Å². The zero-order valence-electron chi connectivity index (χ0n) is 20.2. The van der Waals surface area contributed by atoms with Crippen molar-refractivity contribution in [3.8, 4) is 0 Å². The van der Waals surface area contributed by atoms with E-state index in [1.807, 2.05) is 33.8 Å². The Bertz CT molecular complexity index is 1210. The van der Waals surface area contributed by atoms with Crippen LogP contribution in [0, 0.1) is 19.7 Å². The lowest BCUT2D eigenvalue weighted by Crippen LogP contribution is -2.39. The molecule has 9 nitrogen and oxygen atoms in total. The summed E-state index contributed by atoms with van der Waals surface area (Å²) >= 11 is 6.21. The number of likely N-dealkylation sites (tertiary alicyclic amines) is 1. The summed E-state index contributed by atoms with van der Waals surface area (Å²) in [5, 5.41) is 13.2. The summed E-state index contributed by atoms with van der Waals surface area (Å²) in [5.41, 5.74) is 3.05. The number of carbonyl (C=O) groups excluding carboxylic acids is 1. The topological polar surface area (TPSA) is 108 Å². The van der Waals surface area contributed by atoms with E-state index in [1.54, 1.807) is 17.0 Å². The Balaban J connectivity index is 1.45. The van der Waals surface area contributed by atoms with Crippen molar-refractivity contribution in [2.24, 2.45) is 0 Å². The van der Waals surface area contributed by atoms with Crippen LogP contribution in [-0.2, 0) is 4.74 Å². The molecule has 1 amide bonds. The van der Waals surface area contributed by atoms with Gasteiger partial charge in [-0.15, -0.1) is 0 Å². The summed E-state index contributed by atoms with van der Waals surface area (Å²) in [6.45, 7) is 8.67. The molecule has 0 spiro atoms. The molecule has 35 heavy (non-hydrogen) atoms. The van der Waals surface area contributed by atoms with Crippen LogP contribution in [0.4, 0.5) is 32.5 Å². The van der Waals surface area contributed by atoms with Gasteiger partial charge in [0.25, 0.3) is 0 Å². The number of hydrogen-bond donors (Lipinski definition) is 3. The Morgan fingerprint density at radius 1 is 1.23 bits per heavy atom. The van der Waals surface area contributed by atoms with Gasteiger partial charge in [0, 0.05) is 24.8 Å². The number of H-pyrrole nitrogens is 1. The van der Waals surface area contributed by atoms with Crippen molar-refractivity contribution in [2.75, 3.05) is 23.7 Å². The third kappa shape index (κ3) is 6.00. The predicted molar refractivity (Wildman–Crippen MR) is 133 cm³/mol. The van der Waals surface area contributed by atoms with Gasteiger partial charge >= 0.3 is 6.09 Å². The Labute approximate surface area is 208 Å². The number of halogens is 2. The third-order valence-corrected chi connectivity index (χ3v) is 6.10. The largest absolute Gasteiger partial charge is 0.447 e. The van der Waals surface area contributed by atoms with Gasteiger partial charge < -0.3 is 20.3 Å². The molecule has 0 unspecified atom stereocenters. The van der Waals surface area contributed by atoms with Crippen LogP contribution >= 0.6 is 11.6 Å². The van der Waals surface area contributed by atoms with Crippen molar-refractivity contribution in [1.82, 2.24) is 25.1 Å². The number of nitrogens with one attached hydrogen (secondary N) is 3. The number of nitrogens with zero attached hydrogens (tertiary/aromatic N) is 4. The van der Waals surface area contributed by atoms with Crippen LogP contribution in [-0.4, -0.2) is 50.4 Å². The molecule has 0 saturated carbocycles. The van der Waals surface area contributed by atoms with Gasteiger partial charge in [0.1, 0.15) is 10.8 Å². The summed E-state index contributed by atoms with van der Waals surface area (Å²) in [4.78, 5) is 22.4. The number of amides is 1. The van der Waals surface area contributed by atoms with Gasteiger partial charge in [-0.05, 0) is 69.7 Å². The Hall–Kier alpha value is -3.40. The van der Waals surface area contributed by atoms with Crippen LogP contribution in [0.25, 0.3) is 0 Å². The van der Waals surface area contributed by atoms with Crippen LogP contribution in [0.1, 0.15) is 49.4 Å². The molecule has 4 rings (SSSR count). The van der Waals surface area contributed by atoms with E-state index in [0.29, 0.717) is 29.7 Å². The maximum Gasteiger partial charge on any atom is 0.410 e. The zero-order valence-corrected chi connectivity index (χ0v) is 20.9. The summed E-state index contributed by atoms with van der Waals surface area (Å²) in [5.74, 6) is 0.882. The number of benzene rings is 1. The minimum absolute atomic E-state index is 0.150. The molecule has 3 aromatic rings. The van der Waals surface area contributed by atoms with Gasteiger partial charge in [0.15, 0.2) is 11.6 Å².